The van der Waals surface area contributed by atoms with Gasteiger partial charge in [0.1, 0.15) is 5.75 Å². The van der Waals surface area contributed by atoms with Gasteiger partial charge in [0.15, 0.2) is 0 Å². The SMILES string of the molecule is CCC(NCCNc1cccc(OC(C)C)c1)c1ccccc1. The predicted molar refractivity (Wildman–Crippen MR) is 98.2 cm³/mol. The summed E-state index contributed by atoms with van der Waals surface area (Å²) < 4.78 is 5.72. The Balaban J connectivity index is 1.78. The van der Waals surface area contributed by atoms with E-state index in [0.29, 0.717) is 6.04 Å². The summed E-state index contributed by atoms with van der Waals surface area (Å²) in [5.41, 5.74) is 2.44. The molecule has 2 aromatic carbocycles. The quantitative estimate of drug-likeness (QED) is 0.663. The highest BCUT2D eigenvalue weighted by molar-refractivity contribution is 5.48. The zero-order valence-electron chi connectivity index (χ0n) is 14.4. The van der Waals surface area contributed by atoms with Crippen LogP contribution in [0.25, 0.3) is 0 Å². The molecule has 2 aromatic rings. The molecule has 0 aromatic heterocycles. The molecule has 0 aliphatic carbocycles. The smallest absolute Gasteiger partial charge is 0.121 e. The topological polar surface area (TPSA) is 33.3 Å². The second-order valence-electron chi connectivity index (χ2n) is 5.95. The first-order valence-electron chi connectivity index (χ1n) is 8.48. The molecular weight excluding hydrogens is 284 g/mol. The van der Waals surface area contributed by atoms with Crippen LogP contribution in [0.1, 0.15) is 38.8 Å². The van der Waals surface area contributed by atoms with Crippen molar-refractivity contribution in [2.75, 3.05) is 18.4 Å². The molecule has 0 radical (unpaired) electrons. The summed E-state index contributed by atoms with van der Waals surface area (Å²) in [6.07, 6.45) is 1.28. The lowest BCUT2D eigenvalue weighted by atomic mass is 10.0. The maximum absolute atomic E-state index is 5.72. The van der Waals surface area contributed by atoms with Gasteiger partial charge in [0.2, 0.25) is 0 Å². The van der Waals surface area contributed by atoms with Crippen LogP contribution in [0.4, 0.5) is 5.69 Å². The Morgan fingerprint density at radius 2 is 1.74 bits per heavy atom. The van der Waals surface area contributed by atoms with Crippen LogP contribution in [-0.4, -0.2) is 19.2 Å². The molecule has 0 aliphatic rings. The summed E-state index contributed by atoms with van der Waals surface area (Å²) in [5.74, 6) is 0.911. The lowest BCUT2D eigenvalue weighted by Gasteiger charge is -2.18. The van der Waals surface area contributed by atoms with Gasteiger partial charge in [-0.05, 0) is 38.0 Å². The van der Waals surface area contributed by atoms with E-state index in [2.05, 4.69) is 60.0 Å². The van der Waals surface area contributed by atoms with Gasteiger partial charge in [-0.2, -0.15) is 0 Å². The molecule has 0 spiro atoms. The summed E-state index contributed by atoms with van der Waals surface area (Å²) in [6.45, 7) is 8.10. The van der Waals surface area contributed by atoms with E-state index in [1.807, 2.05) is 26.0 Å². The van der Waals surface area contributed by atoms with E-state index < -0.39 is 0 Å². The van der Waals surface area contributed by atoms with Gasteiger partial charge in [-0.1, -0.05) is 43.3 Å². The Kier molecular flexibility index (Phi) is 6.95. The minimum atomic E-state index is 0.197. The van der Waals surface area contributed by atoms with Crippen LogP contribution in [0.15, 0.2) is 54.6 Å². The molecule has 0 bridgehead atoms. The lowest BCUT2D eigenvalue weighted by molar-refractivity contribution is 0.242. The Bertz CT molecular complexity index is 569. The van der Waals surface area contributed by atoms with Gasteiger partial charge in [-0.3, -0.25) is 0 Å². The van der Waals surface area contributed by atoms with E-state index in [1.54, 1.807) is 0 Å². The molecule has 0 saturated heterocycles. The number of hydrogen-bond donors (Lipinski definition) is 2. The van der Waals surface area contributed by atoms with Gasteiger partial charge < -0.3 is 15.4 Å². The monoisotopic (exact) mass is 312 g/mol. The van der Waals surface area contributed by atoms with Crippen molar-refractivity contribution in [1.82, 2.24) is 5.32 Å². The zero-order chi connectivity index (χ0) is 16.5. The molecular formula is C20H28N2O. The largest absolute Gasteiger partial charge is 0.491 e. The third-order valence-electron chi connectivity index (χ3n) is 3.66. The summed E-state index contributed by atoms with van der Waals surface area (Å²) in [5, 5.41) is 7.06. The summed E-state index contributed by atoms with van der Waals surface area (Å²) in [6, 6.07) is 19.2. The lowest BCUT2D eigenvalue weighted by Crippen LogP contribution is -2.26. The standard InChI is InChI=1S/C20H28N2O/c1-4-20(17-9-6-5-7-10-17)22-14-13-21-18-11-8-12-19(15-18)23-16(2)3/h5-12,15-16,20-22H,4,13-14H2,1-3H3. The van der Waals surface area contributed by atoms with E-state index in [9.17, 15) is 0 Å². The maximum Gasteiger partial charge on any atom is 0.121 e. The van der Waals surface area contributed by atoms with Gasteiger partial charge in [-0.25, -0.2) is 0 Å². The van der Waals surface area contributed by atoms with Crippen LogP contribution in [0, 0.1) is 0 Å². The molecule has 23 heavy (non-hydrogen) atoms. The molecule has 3 heteroatoms. The van der Waals surface area contributed by atoms with Crippen LogP contribution in [0.5, 0.6) is 5.75 Å². The Morgan fingerprint density at radius 1 is 0.957 bits per heavy atom. The average Bonchev–Trinajstić information content (AvgIpc) is 2.55. The number of ether oxygens (including phenoxy) is 1. The second-order valence-corrected chi connectivity index (χ2v) is 5.95. The minimum absolute atomic E-state index is 0.197. The van der Waals surface area contributed by atoms with Crippen LogP contribution in [0.2, 0.25) is 0 Å². The molecule has 0 fully saturated rings. The van der Waals surface area contributed by atoms with Crippen LogP contribution < -0.4 is 15.4 Å². The zero-order valence-corrected chi connectivity index (χ0v) is 14.4. The first-order valence-corrected chi connectivity index (χ1v) is 8.48. The van der Waals surface area contributed by atoms with Gasteiger partial charge in [0, 0.05) is 30.9 Å². The van der Waals surface area contributed by atoms with Crippen molar-refractivity contribution in [2.45, 2.75) is 39.3 Å². The van der Waals surface area contributed by atoms with E-state index in [4.69, 9.17) is 4.74 Å². The highest BCUT2D eigenvalue weighted by atomic mass is 16.5. The number of benzene rings is 2. The van der Waals surface area contributed by atoms with Gasteiger partial charge in [-0.15, -0.1) is 0 Å². The highest BCUT2D eigenvalue weighted by Gasteiger charge is 2.07. The summed E-state index contributed by atoms with van der Waals surface area (Å²) in [4.78, 5) is 0. The third kappa shape index (κ3) is 5.95. The van der Waals surface area contributed by atoms with E-state index in [1.165, 1.54) is 5.56 Å². The van der Waals surface area contributed by atoms with Crippen molar-refractivity contribution in [1.29, 1.82) is 0 Å². The van der Waals surface area contributed by atoms with Crippen LogP contribution in [-0.2, 0) is 0 Å². The highest BCUT2D eigenvalue weighted by Crippen LogP contribution is 2.18. The summed E-state index contributed by atoms with van der Waals surface area (Å²) in [7, 11) is 0. The fourth-order valence-electron chi connectivity index (χ4n) is 2.59. The summed E-state index contributed by atoms with van der Waals surface area (Å²) >= 11 is 0. The first-order chi connectivity index (χ1) is 11.2. The van der Waals surface area contributed by atoms with Crippen LogP contribution >= 0.6 is 0 Å². The Morgan fingerprint density at radius 3 is 2.43 bits per heavy atom. The minimum Gasteiger partial charge on any atom is -0.491 e. The Labute approximate surface area is 140 Å². The molecule has 124 valence electrons. The normalized spacial score (nSPS) is 12.2. The van der Waals surface area contributed by atoms with Crippen molar-refractivity contribution in [3.05, 3.63) is 60.2 Å². The molecule has 2 N–H and O–H groups in total. The van der Waals surface area contributed by atoms with Crippen LogP contribution in [0.3, 0.4) is 0 Å². The van der Waals surface area contributed by atoms with Crippen molar-refractivity contribution in [3.8, 4) is 5.75 Å². The number of hydrogen-bond acceptors (Lipinski definition) is 3. The van der Waals surface area contributed by atoms with Gasteiger partial charge in [0.25, 0.3) is 0 Å². The number of anilines is 1. The fourth-order valence-corrected chi connectivity index (χ4v) is 2.59. The van der Waals surface area contributed by atoms with Gasteiger partial charge in [0.05, 0.1) is 6.10 Å². The molecule has 0 saturated carbocycles. The third-order valence-corrected chi connectivity index (χ3v) is 3.66. The first kappa shape index (κ1) is 17.4. The van der Waals surface area contributed by atoms with E-state index in [-0.39, 0.29) is 6.10 Å². The van der Waals surface area contributed by atoms with Crippen molar-refractivity contribution < 1.29 is 4.74 Å². The number of nitrogens with one attached hydrogen (secondary N) is 2. The molecule has 1 unspecified atom stereocenters. The molecule has 1 atom stereocenters. The molecule has 3 nitrogen and oxygen atoms in total. The number of rotatable bonds is 9. The molecule has 0 aliphatic heterocycles. The molecule has 0 heterocycles. The van der Waals surface area contributed by atoms with Crippen molar-refractivity contribution in [2.24, 2.45) is 0 Å². The predicted octanol–water partition coefficient (Wildman–Crippen LogP) is 4.63. The van der Waals surface area contributed by atoms with Crippen molar-refractivity contribution >= 4 is 5.69 Å². The molecule has 2 rings (SSSR count). The van der Waals surface area contributed by atoms with Gasteiger partial charge >= 0.3 is 0 Å². The van der Waals surface area contributed by atoms with E-state index in [0.717, 1.165) is 30.9 Å². The van der Waals surface area contributed by atoms with E-state index >= 15 is 0 Å². The average molecular weight is 312 g/mol. The second kappa shape index (κ2) is 9.21. The molecule has 0 amide bonds. The Hall–Kier alpha value is -2.00. The fraction of sp³-hybridized carbons (Fsp3) is 0.400. The van der Waals surface area contributed by atoms with Crippen molar-refractivity contribution in [3.63, 3.8) is 0 Å². The maximum atomic E-state index is 5.72.